The lowest BCUT2D eigenvalue weighted by atomic mass is 10.1. The van der Waals surface area contributed by atoms with Gasteiger partial charge in [0.25, 0.3) is 0 Å². The number of rotatable bonds is 4. The first-order valence-electron chi connectivity index (χ1n) is 7.91. The van der Waals surface area contributed by atoms with Crippen LogP contribution in [0.2, 0.25) is 0 Å². The van der Waals surface area contributed by atoms with E-state index in [0.29, 0.717) is 6.61 Å². The number of hydrogen-bond donors (Lipinski definition) is 0. The summed E-state index contributed by atoms with van der Waals surface area (Å²) in [6.07, 6.45) is 4.90. The average molecular weight is 302 g/mol. The van der Waals surface area contributed by atoms with Crippen molar-refractivity contribution in [3.63, 3.8) is 0 Å². The second kappa shape index (κ2) is 5.76. The Balaban J connectivity index is 1.67. The molecule has 0 aliphatic rings. The van der Waals surface area contributed by atoms with E-state index in [2.05, 4.69) is 58.8 Å². The quantitative estimate of drug-likeness (QED) is 0.549. The van der Waals surface area contributed by atoms with Gasteiger partial charge >= 0.3 is 0 Å². The Morgan fingerprint density at radius 3 is 2.78 bits per heavy atom. The van der Waals surface area contributed by atoms with Crippen LogP contribution in [0.3, 0.4) is 0 Å². The molecule has 0 saturated heterocycles. The number of aromatic nitrogens is 2. The second-order valence-electron chi connectivity index (χ2n) is 5.60. The highest BCUT2D eigenvalue weighted by atomic mass is 16.5. The highest BCUT2D eigenvalue weighted by Crippen LogP contribution is 2.23. The molecule has 0 spiro atoms. The molecule has 4 rings (SSSR count). The fraction of sp³-hybridized carbons (Fsp3) is 0.150. The summed E-state index contributed by atoms with van der Waals surface area (Å²) in [6.45, 7) is 2.67. The van der Waals surface area contributed by atoms with Crippen molar-refractivity contribution >= 4 is 16.4 Å². The van der Waals surface area contributed by atoms with Gasteiger partial charge in [-0.3, -0.25) is 0 Å². The van der Waals surface area contributed by atoms with E-state index in [-0.39, 0.29) is 0 Å². The van der Waals surface area contributed by atoms with Crippen LogP contribution >= 0.6 is 0 Å². The molecule has 4 aromatic rings. The Labute approximate surface area is 135 Å². The number of nitrogens with zero attached hydrogens (tertiary/aromatic N) is 2. The normalized spacial score (nSPS) is 11.2. The van der Waals surface area contributed by atoms with Gasteiger partial charge in [-0.05, 0) is 34.9 Å². The van der Waals surface area contributed by atoms with Crippen LogP contribution < -0.4 is 4.74 Å². The lowest BCUT2D eigenvalue weighted by molar-refractivity contribution is 0.309. The molecular formula is C20H18N2O. The van der Waals surface area contributed by atoms with E-state index in [1.807, 2.05) is 24.5 Å². The van der Waals surface area contributed by atoms with Crippen LogP contribution in [0.1, 0.15) is 18.2 Å². The van der Waals surface area contributed by atoms with Crippen molar-refractivity contribution in [3.8, 4) is 5.75 Å². The maximum absolute atomic E-state index is 6.09. The zero-order valence-corrected chi connectivity index (χ0v) is 13.1. The van der Waals surface area contributed by atoms with E-state index < -0.39 is 0 Å². The van der Waals surface area contributed by atoms with Gasteiger partial charge in [-0.2, -0.15) is 0 Å². The van der Waals surface area contributed by atoms with Gasteiger partial charge < -0.3 is 9.14 Å². The lowest BCUT2D eigenvalue weighted by Crippen LogP contribution is -1.99. The monoisotopic (exact) mass is 302 g/mol. The number of benzene rings is 2. The molecular weight excluding hydrogens is 284 g/mol. The third-order valence-electron chi connectivity index (χ3n) is 4.20. The molecule has 0 amide bonds. The first-order valence-corrected chi connectivity index (χ1v) is 7.91. The van der Waals surface area contributed by atoms with E-state index in [0.717, 1.165) is 17.8 Å². The van der Waals surface area contributed by atoms with Crippen molar-refractivity contribution in [1.29, 1.82) is 0 Å². The Bertz CT molecular complexity index is 966. The molecule has 0 aliphatic carbocycles. The van der Waals surface area contributed by atoms with Gasteiger partial charge in [0.2, 0.25) is 0 Å². The molecule has 2 aromatic carbocycles. The van der Waals surface area contributed by atoms with E-state index in [1.165, 1.54) is 22.0 Å². The molecule has 0 atom stereocenters. The number of aryl methyl sites for hydroxylation is 1. The van der Waals surface area contributed by atoms with Crippen molar-refractivity contribution in [3.05, 3.63) is 78.2 Å². The number of hydrogen-bond acceptors (Lipinski definition) is 2. The van der Waals surface area contributed by atoms with Crippen molar-refractivity contribution in [2.75, 3.05) is 0 Å². The zero-order chi connectivity index (χ0) is 15.6. The zero-order valence-electron chi connectivity index (χ0n) is 13.1. The fourth-order valence-corrected chi connectivity index (χ4v) is 2.98. The van der Waals surface area contributed by atoms with E-state index in [9.17, 15) is 0 Å². The fourth-order valence-electron chi connectivity index (χ4n) is 2.98. The number of imidazole rings is 1. The number of pyridine rings is 1. The lowest BCUT2D eigenvalue weighted by Gasteiger charge is -2.10. The van der Waals surface area contributed by atoms with Crippen LogP contribution in [0.25, 0.3) is 16.4 Å². The Hall–Kier alpha value is -2.81. The average Bonchev–Trinajstić information content (AvgIpc) is 3.03. The van der Waals surface area contributed by atoms with Crippen LogP contribution in [0.15, 0.2) is 67.0 Å². The van der Waals surface area contributed by atoms with Gasteiger partial charge in [-0.25, -0.2) is 4.98 Å². The van der Waals surface area contributed by atoms with Crippen LogP contribution in [0.4, 0.5) is 0 Å². The minimum Gasteiger partial charge on any atom is -0.485 e. The molecule has 3 heteroatoms. The molecule has 0 saturated carbocycles. The highest BCUT2D eigenvalue weighted by molar-refractivity contribution is 5.85. The van der Waals surface area contributed by atoms with Crippen molar-refractivity contribution in [1.82, 2.24) is 9.38 Å². The van der Waals surface area contributed by atoms with Crippen molar-refractivity contribution < 1.29 is 4.74 Å². The minimum atomic E-state index is 0.537. The summed E-state index contributed by atoms with van der Waals surface area (Å²) < 4.78 is 8.18. The Morgan fingerprint density at radius 1 is 1.00 bits per heavy atom. The van der Waals surface area contributed by atoms with Gasteiger partial charge in [0, 0.05) is 18.1 Å². The third kappa shape index (κ3) is 2.44. The summed E-state index contributed by atoms with van der Waals surface area (Å²) >= 11 is 0. The van der Waals surface area contributed by atoms with Crippen LogP contribution in [0.5, 0.6) is 5.75 Å². The van der Waals surface area contributed by atoms with E-state index in [1.54, 1.807) is 0 Å². The Kier molecular flexibility index (Phi) is 3.46. The molecule has 23 heavy (non-hydrogen) atoms. The molecule has 0 fully saturated rings. The predicted octanol–water partition coefficient (Wildman–Crippen LogP) is 4.63. The summed E-state index contributed by atoms with van der Waals surface area (Å²) in [7, 11) is 0. The number of fused-ring (bicyclic) bond motifs is 2. The molecule has 2 heterocycles. The summed E-state index contributed by atoms with van der Waals surface area (Å²) in [5.74, 6) is 0.820. The molecule has 0 N–H and O–H groups in total. The van der Waals surface area contributed by atoms with Crippen LogP contribution in [-0.4, -0.2) is 9.38 Å². The first kappa shape index (κ1) is 13.8. The van der Waals surface area contributed by atoms with Crippen molar-refractivity contribution in [2.45, 2.75) is 20.0 Å². The molecule has 0 radical (unpaired) electrons. The highest BCUT2D eigenvalue weighted by Gasteiger charge is 2.08. The summed E-state index contributed by atoms with van der Waals surface area (Å²) in [5, 5.41) is 2.47. The smallest absolute Gasteiger partial charge is 0.179 e. The largest absolute Gasteiger partial charge is 0.485 e. The molecule has 0 bridgehead atoms. The summed E-state index contributed by atoms with van der Waals surface area (Å²) in [5.41, 5.74) is 3.26. The van der Waals surface area contributed by atoms with Gasteiger partial charge in [-0.1, -0.05) is 49.4 Å². The second-order valence-corrected chi connectivity index (χ2v) is 5.60. The van der Waals surface area contributed by atoms with Gasteiger partial charge in [0.15, 0.2) is 11.4 Å². The maximum Gasteiger partial charge on any atom is 0.179 e. The summed E-state index contributed by atoms with van der Waals surface area (Å²) in [4.78, 5) is 4.50. The van der Waals surface area contributed by atoms with Gasteiger partial charge in [0.1, 0.15) is 6.61 Å². The molecule has 2 aromatic heterocycles. The minimum absolute atomic E-state index is 0.537. The molecule has 3 nitrogen and oxygen atoms in total. The Morgan fingerprint density at radius 2 is 1.87 bits per heavy atom. The van der Waals surface area contributed by atoms with Crippen molar-refractivity contribution in [2.24, 2.45) is 0 Å². The third-order valence-corrected chi connectivity index (χ3v) is 4.20. The predicted molar refractivity (Wildman–Crippen MR) is 92.9 cm³/mol. The van der Waals surface area contributed by atoms with Crippen LogP contribution in [-0.2, 0) is 13.0 Å². The molecule has 0 aliphatic heterocycles. The van der Waals surface area contributed by atoms with E-state index >= 15 is 0 Å². The van der Waals surface area contributed by atoms with Crippen LogP contribution in [0, 0.1) is 0 Å². The summed E-state index contributed by atoms with van der Waals surface area (Å²) in [6, 6.07) is 18.7. The molecule has 114 valence electrons. The number of ether oxygens (including phenoxy) is 1. The first-order chi connectivity index (χ1) is 11.4. The SMILES string of the molecule is CCc1cnc2c(OCc3cccc4ccccc34)cccn12. The maximum atomic E-state index is 6.09. The molecule has 0 unspecified atom stereocenters. The standard InChI is InChI=1S/C20H18N2O/c1-2-17-13-21-20-19(11-6-12-22(17)20)23-14-16-9-5-8-15-7-3-4-10-18(15)16/h3-13H,2,14H2,1H3. The van der Waals surface area contributed by atoms with Gasteiger partial charge in [-0.15, -0.1) is 0 Å². The van der Waals surface area contributed by atoms with Gasteiger partial charge in [0.05, 0.1) is 0 Å². The topological polar surface area (TPSA) is 26.5 Å². The van der Waals surface area contributed by atoms with E-state index in [4.69, 9.17) is 4.74 Å².